The summed E-state index contributed by atoms with van der Waals surface area (Å²) in [7, 11) is 0. The third-order valence-electron chi connectivity index (χ3n) is 5.35. The second kappa shape index (κ2) is 9.27. The number of thioether (sulfide) groups is 1. The molecule has 1 saturated heterocycles. The third kappa shape index (κ3) is 5.07. The molecular weight excluding hydrogens is 380 g/mol. The first-order valence-electron chi connectivity index (χ1n) is 10.1. The van der Waals surface area contributed by atoms with Gasteiger partial charge in [-0.15, -0.1) is 0 Å². The minimum absolute atomic E-state index is 0.178. The first-order chi connectivity index (χ1) is 14.2. The minimum Gasteiger partial charge on any atom is -0.365 e. The van der Waals surface area contributed by atoms with Crippen LogP contribution in [-0.4, -0.2) is 39.6 Å². The molecule has 0 bridgehead atoms. The van der Waals surface area contributed by atoms with Crippen LogP contribution in [0.3, 0.4) is 0 Å². The van der Waals surface area contributed by atoms with Crippen molar-refractivity contribution in [3.63, 3.8) is 0 Å². The topological polar surface area (TPSA) is 58.1 Å². The van der Waals surface area contributed by atoms with Crippen molar-refractivity contribution >= 4 is 34.4 Å². The number of amides is 1. The van der Waals surface area contributed by atoms with E-state index in [4.69, 9.17) is 4.98 Å². The summed E-state index contributed by atoms with van der Waals surface area (Å²) in [5, 5.41) is 5.07. The predicted molar refractivity (Wildman–Crippen MR) is 119 cm³/mol. The molecule has 1 N–H and O–H groups in total. The van der Waals surface area contributed by atoms with E-state index < -0.39 is 0 Å². The Bertz CT molecular complexity index is 971. The van der Waals surface area contributed by atoms with Gasteiger partial charge in [-0.25, -0.2) is 9.97 Å². The summed E-state index contributed by atoms with van der Waals surface area (Å²) < 4.78 is 0. The number of nitrogens with one attached hydrogen (secondary N) is 1. The number of fused-ring (bicyclic) bond motifs is 1. The zero-order chi connectivity index (χ0) is 20.1. The second-order valence-electron chi connectivity index (χ2n) is 7.56. The summed E-state index contributed by atoms with van der Waals surface area (Å²) in [5.41, 5.74) is 2.08. The van der Waals surface area contributed by atoms with Gasteiger partial charge in [-0.2, -0.15) is 0 Å². The van der Waals surface area contributed by atoms with Crippen LogP contribution in [0.5, 0.6) is 0 Å². The van der Waals surface area contributed by atoms with Crippen LogP contribution in [0.25, 0.3) is 10.9 Å². The minimum atomic E-state index is 0.178. The van der Waals surface area contributed by atoms with E-state index in [2.05, 4.69) is 29.4 Å². The van der Waals surface area contributed by atoms with Gasteiger partial charge in [-0.1, -0.05) is 61.2 Å². The van der Waals surface area contributed by atoms with Crippen LogP contribution in [0.4, 0.5) is 5.82 Å². The van der Waals surface area contributed by atoms with Crippen molar-refractivity contribution in [2.75, 3.05) is 24.2 Å². The molecule has 29 heavy (non-hydrogen) atoms. The van der Waals surface area contributed by atoms with Gasteiger partial charge in [0.1, 0.15) is 5.82 Å². The monoisotopic (exact) mass is 406 g/mol. The Labute approximate surface area is 175 Å². The molecule has 0 unspecified atom stereocenters. The van der Waals surface area contributed by atoms with Gasteiger partial charge in [-0.05, 0) is 36.5 Å². The number of carbonyl (C=O) groups excluding carboxylic acids is 1. The molecule has 1 fully saturated rings. The fraction of sp³-hybridized carbons (Fsp3) is 0.348. The fourth-order valence-electron chi connectivity index (χ4n) is 3.51. The summed E-state index contributed by atoms with van der Waals surface area (Å²) in [6.07, 6.45) is 2.19. The van der Waals surface area contributed by atoms with Crippen molar-refractivity contribution in [2.24, 2.45) is 5.92 Å². The van der Waals surface area contributed by atoms with Gasteiger partial charge in [0.05, 0.1) is 11.3 Å². The summed E-state index contributed by atoms with van der Waals surface area (Å²) in [5.74, 6) is 2.08. The van der Waals surface area contributed by atoms with Gasteiger partial charge in [0.15, 0.2) is 5.16 Å². The quantitative estimate of drug-likeness (QED) is 0.479. The molecule has 0 saturated carbocycles. The zero-order valence-electron chi connectivity index (χ0n) is 16.7. The van der Waals surface area contributed by atoms with Crippen LogP contribution < -0.4 is 5.32 Å². The third-order valence-corrected chi connectivity index (χ3v) is 6.18. The van der Waals surface area contributed by atoms with Crippen molar-refractivity contribution in [1.29, 1.82) is 0 Å². The molecule has 0 spiro atoms. The number of rotatable bonds is 6. The summed E-state index contributed by atoms with van der Waals surface area (Å²) in [6, 6.07) is 18.2. The maximum atomic E-state index is 12.6. The highest BCUT2D eigenvalue weighted by Gasteiger charge is 2.20. The Balaban J connectivity index is 1.47. The van der Waals surface area contributed by atoms with Gasteiger partial charge in [0.2, 0.25) is 5.91 Å². The molecule has 6 heteroatoms. The van der Waals surface area contributed by atoms with Crippen LogP contribution >= 0.6 is 11.8 Å². The Morgan fingerprint density at radius 3 is 2.59 bits per heavy atom. The van der Waals surface area contributed by atoms with Crippen molar-refractivity contribution in [2.45, 2.75) is 31.5 Å². The molecule has 0 radical (unpaired) electrons. The first kappa shape index (κ1) is 19.7. The van der Waals surface area contributed by atoms with E-state index in [-0.39, 0.29) is 5.91 Å². The lowest BCUT2D eigenvalue weighted by atomic mass is 9.99. The maximum Gasteiger partial charge on any atom is 0.233 e. The molecule has 4 rings (SSSR count). The van der Waals surface area contributed by atoms with E-state index in [0.717, 1.165) is 42.7 Å². The number of para-hydroxylation sites is 1. The molecule has 1 aromatic heterocycles. The Kier molecular flexibility index (Phi) is 6.30. The van der Waals surface area contributed by atoms with Crippen LogP contribution in [0, 0.1) is 5.92 Å². The molecule has 0 aliphatic carbocycles. The number of piperidine rings is 1. The fourth-order valence-corrected chi connectivity index (χ4v) is 4.27. The Morgan fingerprint density at radius 1 is 1.07 bits per heavy atom. The van der Waals surface area contributed by atoms with E-state index in [1.807, 2.05) is 47.4 Å². The van der Waals surface area contributed by atoms with E-state index >= 15 is 0 Å². The number of aromatic nitrogens is 2. The van der Waals surface area contributed by atoms with E-state index in [9.17, 15) is 4.79 Å². The largest absolute Gasteiger partial charge is 0.365 e. The second-order valence-corrected chi connectivity index (χ2v) is 8.51. The lowest BCUT2D eigenvalue weighted by Crippen LogP contribution is -2.38. The molecular formula is C23H26N4OS. The first-order valence-corrected chi connectivity index (χ1v) is 11.1. The molecule has 2 aromatic carbocycles. The average molecular weight is 407 g/mol. The summed E-state index contributed by atoms with van der Waals surface area (Å²) in [6.45, 7) is 4.67. The highest BCUT2D eigenvalue weighted by molar-refractivity contribution is 7.99. The van der Waals surface area contributed by atoms with Gasteiger partial charge >= 0.3 is 0 Å². The highest BCUT2D eigenvalue weighted by Crippen LogP contribution is 2.25. The zero-order valence-corrected chi connectivity index (χ0v) is 17.5. The molecule has 1 aliphatic rings. The van der Waals surface area contributed by atoms with Crippen molar-refractivity contribution in [3.05, 3.63) is 60.2 Å². The lowest BCUT2D eigenvalue weighted by molar-refractivity contribution is -0.129. The molecule has 1 amide bonds. The number of hydrogen-bond acceptors (Lipinski definition) is 5. The van der Waals surface area contributed by atoms with Crippen LogP contribution in [0.1, 0.15) is 25.3 Å². The van der Waals surface area contributed by atoms with Gasteiger partial charge in [-0.3, -0.25) is 4.79 Å². The number of carbonyl (C=O) groups is 1. The van der Waals surface area contributed by atoms with Crippen LogP contribution in [-0.2, 0) is 11.3 Å². The maximum absolute atomic E-state index is 12.6. The van der Waals surface area contributed by atoms with E-state index in [0.29, 0.717) is 23.4 Å². The smallest absolute Gasteiger partial charge is 0.233 e. The number of anilines is 1. The lowest BCUT2D eigenvalue weighted by Gasteiger charge is -2.30. The standard InChI is InChI=1S/C23H26N4OS/c1-17-11-13-27(14-12-17)21(28)16-29-23-25-20-10-6-5-9-19(20)22(26-23)24-15-18-7-3-2-4-8-18/h2-10,17H,11-16H2,1H3,(H,24,25,26). The summed E-state index contributed by atoms with van der Waals surface area (Å²) >= 11 is 1.42. The number of nitrogens with zero attached hydrogens (tertiary/aromatic N) is 3. The molecule has 3 aromatic rings. The highest BCUT2D eigenvalue weighted by atomic mass is 32.2. The molecule has 0 atom stereocenters. The molecule has 5 nitrogen and oxygen atoms in total. The van der Waals surface area contributed by atoms with Crippen LogP contribution in [0.15, 0.2) is 59.8 Å². The predicted octanol–water partition coefficient (Wildman–Crippen LogP) is 4.59. The van der Waals surface area contributed by atoms with E-state index in [1.54, 1.807) is 0 Å². The number of benzene rings is 2. The normalized spacial score (nSPS) is 14.9. The summed E-state index contributed by atoms with van der Waals surface area (Å²) in [4.78, 5) is 23.9. The van der Waals surface area contributed by atoms with Gasteiger partial charge in [0.25, 0.3) is 0 Å². The van der Waals surface area contributed by atoms with Crippen molar-refractivity contribution < 1.29 is 4.79 Å². The number of likely N-dealkylation sites (tertiary alicyclic amines) is 1. The molecule has 2 heterocycles. The SMILES string of the molecule is CC1CCN(C(=O)CSc2nc(NCc3ccccc3)c3ccccc3n2)CC1. The Hall–Kier alpha value is -2.60. The van der Waals surface area contributed by atoms with Gasteiger partial charge < -0.3 is 10.2 Å². The number of hydrogen-bond donors (Lipinski definition) is 1. The molecule has 150 valence electrons. The van der Waals surface area contributed by atoms with Crippen molar-refractivity contribution in [1.82, 2.24) is 14.9 Å². The molecule has 1 aliphatic heterocycles. The van der Waals surface area contributed by atoms with Crippen LogP contribution in [0.2, 0.25) is 0 Å². The average Bonchev–Trinajstić information content (AvgIpc) is 2.77. The van der Waals surface area contributed by atoms with E-state index in [1.165, 1.54) is 17.3 Å². The van der Waals surface area contributed by atoms with Crippen molar-refractivity contribution in [3.8, 4) is 0 Å². The van der Waals surface area contributed by atoms with Gasteiger partial charge in [0, 0.05) is 25.0 Å². The Morgan fingerprint density at radius 2 is 1.79 bits per heavy atom.